The van der Waals surface area contributed by atoms with Crippen LogP contribution in [0.3, 0.4) is 0 Å². The Morgan fingerprint density at radius 2 is 2.00 bits per heavy atom. The van der Waals surface area contributed by atoms with Gasteiger partial charge in [-0.25, -0.2) is 0 Å². The second-order valence-corrected chi connectivity index (χ2v) is 4.35. The predicted molar refractivity (Wildman–Crippen MR) is 61.1 cm³/mol. The van der Waals surface area contributed by atoms with Crippen LogP contribution in [0.25, 0.3) is 0 Å². The molecule has 0 spiro atoms. The molecule has 15 heavy (non-hydrogen) atoms. The first-order valence-corrected chi connectivity index (χ1v) is 5.04. The number of ether oxygens (including phenoxy) is 1. The Morgan fingerprint density at radius 1 is 1.33 bits per heavy atom. The first-order chi connectivity index (χ1) is 6.94. The van der Waals surface area contributed by atoms with Crippen LogP contribution >= 0.6 is 0 Å². The Bertz CT molecular complexity index is 334. The predicted octanol–water partition coefficient (Wildman–Crippen LogP) is 1.39. The molecular weight excluding hydrogens is 190 g/mol. The van der Waals surface area contributed by atoms with Crippen molar-refractivity contribution in [2.24, 2.45) is 5.73 Å². The number of aliphatic hydroxyl groups is 1. The van der Waals surface area contributed by atoms with Crippen LogP contribution in [0.4, 0.5) is 0 Å². The van der Waals surface area contributed by atoms with Crippen molar-refractivity contribution in [3.63, 3.8) is 0 Å². The van der Waals surface area contributed by atoms with Crippen LogP contribution < -0.4 is 10.5 Å². The van der Waals surface area contributed by atoms with Gasteiger partial charge in [0, 0.05) is 0 Å². The summed E-state index contributed by atoms with van der Waals surface area (Å²) in [5.41, 5.74) is 7.50. The summed E-state index contributed by atoms with van der Waals surface area (Å²) in [6.45, 7) is 6.08. The zero-order chi connectivity index (χ0) is 11.5. The number of hydrogen-bond acceptors (Lipinski definition) is 3. The molecule has 0 aliphatic heterocycles. The average molecular weight is 209 g/mol. The van der Waals surface area contributed by atoms with E-state index in [1.54, 1.807) is 6.92 Å². The van der Waals surface area contributed by atoms with Gasteiger partial charge in [-0.3, -0.25) is 0 Å². The number of aryl methyl sites for hydroxylation is 2. The molecule has 1 aromatic rings. The van der Waals surface area contributed by atoms with E-state index >= 15 is 0 Å². The fourth-order valence-corrected chi connectivity index (χ4v) is 1.10. The molecule has 0 heterocycles. The minimum atomic E-state index is -0.682. The normalized spacial score (nSPS) is 14.7. The maximum Gasteiger partial charge on any atom is 0.119 e. The first kappa shape index (κ1) is 12.0. The van der Waals surface area contributed by atoms with Gasteiger partial charge in [-0.1, -0.05) is 6.07 Å². The van der Waals surface area contributed by atoms with Crippen molar-refractivity contribution in [1.29, 1.82) is 0 Å². The molecule has 84 valence electrons. The third-order valence-corrected chi connectivity index (χ3v) is 2.41. The van der Waals surface area contributed by atoms with Gasteiger partial charge >= 0.3 is 0 Å². The zero-order valence-corrected chi connectivity index (χ0v) is 9.58. The molecule has 0 saturated carbocycles. The van der Waals surface area contributed by atoms with Crippen molar-refractivity contribution < 1.29 is 9.84 Å². The third kappa shape index (κ3) is 3.53. The summed E-state index contributed by atoms with van der Waals surface area (Å²) < 4.78 is 5.51. The smallest absolute Gasteiger partial charge is 0.119 e. The molecule has 0 saturated heterocycles. The summed E-state index contributed by atoms with van der Waals surface area (Å²) in [6, 6.07) is 5.90. The number of hydrogen-bond donors (Lipinski definition) is 2. The van der Waals surface area contributed by atoms with Crippen molar-refractivity contribution in [3.8, 4) is 5.75 Å². The highest BCUT2D eigenvalue weighted by Crippen LogP contribution is 2.17. The maximum atomic E-state index is 8.97. The van der Waals surface area contributed by atoms with E-state index in [-0.39, 0.29) is 6.61 Å². The van der Waals surface area contributed by atoms with Crippen LogP contribution in [0.5, 0.6) is 5.75 Å². The van der Waals surface area contributed by atoms with Crippen LogP contribution in [0, 0.1) is 13.8 Å². The third-order valence-electron chi connectivity index (χ3n) is 2.41. The van der Waals surface area contributed by atoms with Crippen LogP contribution in [-0.2, 0) is 0 Å². The molecule has 1 atom stereocenters. The van der Waals surface area contributed by atoms with Gasteiger partial charge in [0.1, 0.15) is 12.4 Å². The lowest BCUT2D eigenvalue weighted by Crippen LogP contribution is -2.45. The van der Waals surface area contributed by atoms with Crippen molar-refractivity contribution in [1.82, 2.24) is 0 Å². The Hall–Kier alpha value is -1.06. The minimum absolute atomic E-state index is 0.0855. The quantitative estimate of drug-likeness (QED) is 0.788. The van der Waals surface area contributed by atoms with E-state index in [1.165, 1.54) is 11.1 Å². The SMILES string of the molecule is Cc1ccc(OCC(C)(N)CO)cc1C. The van der Waals surface area contributed by atoms with Crippen LogP contribution in [0.1, 0.15) is 18.1 Å². The number of aliphatic hydroxyl groups excluding tert-OH is 1. The van der Waals surface area contributed by atoms with Crippen molar-refractivity contribution >= 4 is 0 Å². The van der Waals surface area contributed by atoms with Crippen molar-refractivity contribution in [2.75, 3.05) is 13.2 Å². The maximum absolute atomic E-state index is 8.97. The van der Waals surface area contributed by atoms with Gasteiger partial charge in [0.2, 0.25) is 0 Å². The van der Waals surface area contributed by atoms with Crippen LogP contribution in [0.2, 0.25) is 0 Å². The molecular formula is C12H19NO2. The highest BCUT2D eigenvalue weighted by molar-refractivity contribution is 5.33. The van der Waals surface area contributed by atoms with Crippen LogP contribution in [-0.4, -0.2) is 23.9 Å². The van der Waals surface area contributed by atoms with E-state index in [0.29, 0.717) is 6.61 Å². The van der Waals surface area contributed by atoms with E-state index in [4.69, 9.17) is 15.6 Å². The topological polar surface area (TPSA) is 55.5 Å². The van der Waals surface area contributed by atoms with Gasteiger partial charge < -0.3 is 15.6 Å². The number of rotatable bonds is 4. The van der Waals surface area contributed by atoms with Gasteiger partial charge in [0.15, 0.2) is 0 Å². The zero-order valence-electron chi connectivity index (χ0n) is 9.58. The number of nitrogens with two attached hydrogens (primary N) is 1. The molecule has 3 N–H and O–H groups in total. The molecule has 1 unspecified atom stereocenters. The lowest BCUT2D eigenvalue weighted by molar-refractivity contribution is 0.146. The molecule has 0 bridgehead atoms. The highest BCUT2D eigenvalue weighted by atomic mass is 16.5. The lowest BCUT2D eigenvalue weighted by atomic mass is 10.1. The van der Waals surface area contributed by atoms with Gasteiger partial charge in [-0.2, -0.15) is 0 Å². The average Bonchev–Trinajstić information content (AvgIpc) is 2.20. The molecule has 1 rings (SSSR count). The first-order valence-electron chi connectivity index (χ1n) is 5.04. The molecule has 1 aromatic carbocycles. The fourth-order valence-electron chi connectivity index (χ4n) is 1.10. The summed E-state index contributed by atoms with van der Waals surface area (Å²) >= 11 is 0. The standard InChI is InChI=1S/C12H19NO2/c1-9-4-5-11(6-10(9)2)15-8-12(3,13)7-14/h4-6,14H,7-8,13H2,1-3H3. The number of benzene rings is 1. The molecule has 0 fully saturated rings. The second-order valence-electron chi connectivity index (χ2n) is 4.35. The van der Waals surface area contributed by atoms with Crippen LogP contribution in [0.15, 0.2) is 18.2 Å². The van der Waals surface area contributed by atoms with E-state index in [9.17, 15) is 0 Å². The van der Waals surface area contributed by atoms with E-state index < -0.39 is 5.54 Å². The second kappa shape index (κ2) is 4.64. The molecule has 0 aliphatic rings. The van der Waals surface area contributed by atoms with Gasteiger partial charge in [-0.05, 0) is 44.0 Å². The van der Waals surface area contributed by atoms with E-state index in [2.05, 4.69) is 6.92 Å². The lowest BCUT2D eigenvalue weighted by Gasteiger charge is -2.22. The molecule has 0 radical (unpaired) electrons. The molecule has 3 heteroatoms. The highest BCUT2D eigenvalue weighted by Gasteiger charge is 2.17. The van der Waals surface area contributed by atoms with E-state index in [1.807, 2.05) is 25.1 Å². The Labute approximate surface area is 90.9 Å². The van der Waals surface area contributed by atoms with Gasteiger partial charge in [0.25, 0.3) is 0 Å². The summed E-state index contributed by atoms with van der Waals surface area (Å²) in [4.78, 5) is 0. The fraction of sp³-hybridized carbons (Fsp3) is 0.500. The minimum Gasteiger partial charge on any atom is -0.492 e. The Kier molecular flexibility index (Phi) is 3.72. The van der Waals surface area contributed by atoms with E-state index in [0.717, 1.165) is 5.75 Å². The molecule has 0 aromatic heterocycles. The monoisotopic (exact) mass is 209 g/mol. The molecule has 0 aliphatic carbocycles. The summed E-state index contributed by atoms with van der Waals surface area (Å²) in [6.07, 6.45) is 0. The van der Waals surface area contributed by atoms with Gasteiger partial charge in [0.05, 0.1) is 12.1 Å². The largest absolute Gasteiger partial charge is 0.492 e. The Morgan fingerprint density at radius 3 is 2.53 bits per heavy atom. The molecule has 0 amide bonds. The summed E-state index contributed by atoms with van der Waals surface area (Å²) in [5, 5.41) is 8.97. The molecule has 3 nitrogen and oxygen atoms in total. The van der Waals surface area contributed by atoms with Gasteiger partial charge in [-0.15, -0.1) is 0 Å². The van der Waals surface area contributed by atoms with Crippen molar-refractivity contribution in [2.45, 2.75) is 26.3 Å². The Balaban J connectivity index is 2.62. The van der Waals surface area contributed by atoms with Crippen molar-refractivity contribution in [3.05, 3.63) is 29.3 Å². The summed E-state index contributed by atoms with van der Waals surface area (Å²) in [5.74, 6) is 0.795. The summed E-state index contributed by atoms with van der Waals surface area (Å²) in [7, 11) is 0.